The van der Waals surface area contributed by atoms with Crippen molar-refractivity contribution in [1.82, 2.24) is 4.31 Å². The smallest absolute Gasteiger partial charge is 0.245 e. The van der Waals surface area contributed by atoms with Crippen molar-refractivity contribution >= 4 is 15.7 Å². The Morgan fingerprint density at radius 3 is 2.65 bits per heavy atom. The van der Waals surface area contributed by atoms with Crippen LogP contribution in [0, 0.1) is 6.92 Å². The molecule has 4 nitrogen and oxygen atoms in total. The first-order chi connectivity index (χ1) is 7.94. The first-order valence-corrected chi connectivity index (χ1v) is 7.25. The van der Waals surface area contributed by atoms with Crippen molar-refractivity contribution in [2.75, 3.05) is 12.3 Å². The van der Waals surface area contributed by atoms with E-state index < -0.39 is 10.0 Å². The molecule has 0 radical (unpaired) electrons. The number of sulfonamides is 1. The Morgan fingerprint density at radius 2 is 2.12 bits per heavy atom. The van der Waals surface area contributed by atoms with Gasteiger partial charge < -0.3 is 5.73 Å². The van der Waals surface area contributed by atoms with Gasteiger partial charge in [-0.2, -0.15) is 4.31 Å². The van der Waals surface area contributed by atoms with Crippen LogP contribution in [0.2, 0.25) is 0 Å². The Labute approximate surface area is 102 Å². The molecule has 1 unspecified atom stereocenters. The molecule has 2 rings (SSSR count). The lowest BCUT2D eigenvalue weighted by Gasteiger charge is -2.22. The van der Waals surface area contributed by atoms with Gasteiger partial charge >= 0.3 is 0 Å². The highest BCUT2D eigenvalue weighted by molar-refractivity contribution is 7.89. The number of hydrogen-bond acceptors (Lipinski definition) is 3. The van der Waals surface area contributed by atoms with Gasteiger partial charge in [0.25, 0.3) is 0 Å². The summed E-state index contributed by atoms with van der Waals surface area (Å²) in [6, 6.07) is 5.26. The largest absolute Gasteiger partial charge is 0.398 e. The monoisotopic (exact) mass is 254 g/mol. The minimum Gasteiger partial charge on any atom is -0.398 e. The van der Waals surface area contributed by atoms with Gasteiger partial charge in [0.2, 0.25) is 10.0 Å². The lowest BCUT2D eigenvalue weighted by atomic mass is 10.2. The van der Waals surface area contributed by atoms with Crippen molar-refractivity contribution in [3.63, 3.8) is 0 Å². The van der Waals surface area contributed by atoms with Gasteiger partial charge in [0, 0.05) is 12.6 Å². The van der Waals surface area contributed by atoms with Crippen LogP contribution in [0.15, 0.2) is 23.1 Å². The number of nitrogens with two attached hydrogens (primary N) is 1. The fraction of sp³-hybridized carbons (Fsp3) is 0.500. The highest BCUT2D eigenvalue weighted by Crippen LogP contribution is 2.30. The summed E-state index contributed by atoms with van der Waals surface area (Å²) in [5.74, 6) is 0. The minimum atomic E-state index is -3.44. The highest BCUT2D eigenvalue weighted by atomic mass is 32.2. The van der Waals surface area contributed by atoms with Crippen molar-refractivity contribution in [2.45, 2.75) is 37.6 Å². The fourth-order valence-corrected chi connectivity index (χ4v) is 4.43. The van der Waals surface area contributed by atoms with Crippen LogP contribution in [0.3, 0.4) is 0 Å². The molecule has 17 heavy (non-hydrogen) atoms. The van der Waals surface area contributed by atoms with E-state index in [2.05, 4.69) is 0 Å². The van der Waals surface area contributed by atoms with Gasteiger partial charge in [-0.15, -0.1) is 0 Å². The molecule has 1 saturated heterocycles. The molecule has 1 fully saturated rings. The zero-order valence-corrected chi connectivity index (χ0v) is 11.0. The maximum absolute atomic E-state index is 12.5. The van der Waals surface area contributed by atoms with E-state index in [1.165, 1.54) is 0 Å². The molecule has 0 aromatic heterocycles. The van der Waals surface area contributed by atoms with Gasteiger partial charge in [-0.3, -0.25) is 0 Å². The molecule has 0 spiro atoms. The molecule has 0 amide bonds. The van der Waals surface area contributed by atoms with E-state index in [0.717, 1.165) is 12.8 Å². The molecule has 0 saturated carbocycles. The molecule has 1 aromatic carbocycles. The standard InChI is InChI=1S/C12H18N2O2S/c1-9-5-3-7-11(13)12(9)17(15,16)14-8-4-6-10(14)2/h3,5,7,10H,4,6,8,13H2,1-2H3. The average Bonchev–Trinajstić information content (AvgIpc) is 2.64. The molecule has 1 aliphatic rings. The van der Waals surface area contributed by atoms with Gasteiger partial charge in [-0.1, -0.05) is 12.1 Å². The summed E-state index contributed by atoms with van der Waals surface area (Å²) in [4.78, 5) is 0.272. The van der Waals surface area contributed by atoms with Crippen molar-refractivity contribution in [1.29, 1.82) is 0 Å². The first-order valence-electron chi connectivity index (χ1n) is 5.81. The molecule has 5 heteroatoms. The molecular weight excluding hydrogens is 236 g/mol. The summed E-state index contributed by atoms with van der Waals surface area (Å²) < 4.78 is 26.6. The van der Waals surface area contributed by atoms with E-state index in [1.54, 1.807) is 29.4 Å². The second-order valence-corrected chi connectivity index (χ2v) is 6.43. The summed E-state index contributed by atoms with van der Waals surface area (Å²) in [6.07, 6.45) is 1.84. The van der Waals surface area contributed by atoms with Gasteiger partial charge in [-0.25, -0.2) is 8.42 Å². The Hall–Kier alpha value is -1.07. The molecule has 2 N–H and O–H groups in total. The average molecular weight is 254 g/mol. The normalized spacial score (nSPS) is 21.9. The van der Waals surface area contributed by atoms with Crippen LogP contribution in [-0.2, 0) is 10.0 Å². The lowest BCUT2D eigenvalue weighted by Crippen LogP contribution is -2.34. The maximum Gasteiger partial charge on any atom is 0.245 e. The third-order valence-corrected chi connectivity index (χ3v) is 5.53. The number of hydrogen-bond donors (Lipinski definition) is 1. The van der Waals surface area contributed by atoms with E-state index in [4.69, 9.17) is 5.73 Å². The van der Waals surface area contributed by atoms with Crippen LogP contribution in [0.5, 0.6) is 0 Å². The maximum atomic E-state index is 12.5. The molecule has 1 aromatic rings. The predicted molar refractivity (Wildman–Crippen MR) is 68.2 cm³/mol. The van der Waals surface area contributed by atoms with Crippen LogP contribution in [-0.4, -0.2) is 25.3 Å². The van der Waals surface area contributed by atoms with Crippen LogP contribution in [0.4, 0.5) is 5.69 Å². The van der Waals surface area contributed by atoms with E-state index in [9.17, 15) is 8.42 Å². The van der Waals surface area contributed by atoms with Crippen LogP contribution >= 0.6 is 0 Å². The number of anilines is 1. The van der Waals surface area contributed by atoms with E-state index in [-0.39, 0.29) is 10.9 Å². The lowest BCUT2D eigenvalue weighted by molar-refractivity contribution is 0.408. The van der Waals surface area contributed by atoms with Crippen molar-refractivity contribution in [3.05, 3.63) is 23.8 Å². The Kier molecular flexibility index (Phi) is 3.14. The topological polar surface area (TPSA) is 63.4 Å². The van der Waals surface area contributed by atoms with Crippen molar-refractivity contribution < 1.29 is 8.42 Å². The molecule has 1 heterocycles. The zero-order valence-electron chi connectivity index (χ0n) is 10.2. The van der Waals surface area contributed by atoms with E-state index in [1.807, 2.05) is 6.92 Å². The second kappa shape index (κ2) is 4.31. The third kappa shape index (κ3) is 2.05. The van der Waals surface area contributed by atoms with Gasteiger partial charge in [0.15, 0.2) is 0 Å². The Balaban J connectivity index is 2.52. The van der Waals surface area contributed by atoms with E-state index in [0.29, 0.717) is 17.8 Å². The Bertz CT molecular complexity index is 505. The van der Waals surface area contributed by atoms with Crippen LogP contribution in [0.1, 0.15) is 25.3 Å². The molecule has 94 valence electrons. The van der Waals surface area contributed by atoms with Gasteiger partial charge in [0.1, 0.15) is 4.90 Å². The predicted octanol–water partition coefficient (Wildman–Crippen LogP) is 1.75. The summed E-state index contributed by atoms with van der Waals surface area (Å²) >= 11 is 0. The van der Waals surface area contributed by atoms with E-state index >= 15 is 0 Å². The number of aryl methyl sites for hydroxylation is 1. The molecule has 0 aliphatic carbocycles. The fourth-order valence-electron chi connectivity index (χ4n) is 2.41. The van der Waals surface area contributed by atoms with Gasteiger partial charge in [-0.05, 0) is 38.3 Å². The summed E-state index contributed by atoms with van der Waals surface area (Å²) in [6.45, 7) is 4.32. The molecule has 0 bridgehead atoms. The van der Waals surface area contributed by atoms with Crippen molar-refractivity contribution in [3.8, 4) is 0 Å². The summed E-state index contributed by atoms with van der Waals surface area (Å²) in [7, 11) is -3.44. The SMILES string of the molecule is Cc1cccc(N)c1S(=O)(=O)N1CCCC1C. The number of benzene rings is 1. The quantitative estimate of drug-likeness (QED) is 0.818. The minimum absolute atomic E-state index is 0.0685. The number of nitrogens with zero attached hydrogens (tertiary/aromatic N) is 1. The van der Waals surface area contributed by atoms with Crippen molar-refractivity contribution in [2.24, 2.45) is 0 Å². The second-order valence-electron chi connectivity index (χ2n) is 4.60. The molecule has 1 aliphatic heterocycles. The highest BCUT2D eigenvalue weighted by Gasteiger charge is 2.34. The zero-order chi connectivity index (χ0) is 12.6. The van der Waals surface area contributed by atoms with Gasteiger partial charge in [0.05, 0.1) is 5.69 Å². The first kappa shape index (κ1) is 12.4. The van der Waals surface area contributed by atoms with Crippen LogP contribution in [0.25, 0.3) is 0 Å². The third-order valence-electron chi connectivity index (χ3n) is 3.30. The summed E-state index contributed by atoms with van der Waals surface area (Å²) in [5, 5.41) is 0. The summed E-state index contributed by atoms with van der Waals surface area (Å²) in [5.41, 5.74) is 6.86. The van der Waals surface area contributed by atoms with Crippen LogP contribution < -0.4 is 5.73 Å². The molecule has 1 atom stereocenters. The number of rotatable bonds is 2. The molecular formula is C12H18N2O2S. The Morgan fingerprint density at radius 1 is 1.41 bits per heavy atom. The number of nitrogen functional groups attached to an aromatic ring is 1.